The van der Waals surface area contributed by atoms with Crippen molar-refractivity contribution < 1.29 is 18.3 Å². The van der Waals surface area contributed by atoms with Crippen molar-refractivity contribution in [3.05, 3.63) is 23.8 Å². The molecule has 4 nitrogen and oxygen atoms in total. The van der Waals surface area contributed by atoms with E-state index in [-0.39, 0.29) is 5.91 Å². The monoisotopic (exact) mass is 258 g/mol. The number of halogens is 2. The van der Waals surface area contributed by atoms with Gasteiger partial charge in [-0.2, -0.15) is 0 Å². The second-order valence-electron chi connectivity index (χ2n) is 3.96. The van der Waals surface area contributed by atoms with Crippen LogP contribution in [0.2, 0.25) is 0 Å². The molecular formula is C12H16F2N2O2. The molecular weight excluding hydrogens is 242 g/mol. The Morgan fingerprint density at radius 1 is 1.50 bits per heavy atom. The molecule has 3 N–H and O–H groups in total. The van der Waals surface area contributed by atoms with Gasteiger partial charge in [-0.05, 0) is 25.5 Å². The molecule has 6 heteroatoms. The number of nitrogens with two attached hydrogens (primary N) is 1. The minimum atomic E-state index is -2.54. The van der Waals surface area contributed by atoms with E-state index in [9.17, 15) is 13.6 Å². The molecule has 0 aromatic heterocycles. The lowest BCUT2D eigenvalue weighted by molar-refractivity contribution is -0.117. The van der Waals surface area contributed by atoms with Crippen LogP contribution in [-0.2, 0) is 4.79 Å². The van der Waals surface area contributed by atoms with E-state index in [0.717, 1.165) is 5.56 Å². The highest BCUT2D eigenvalue weighted by Crippen LogP contribution is 2.23. The van der Waals surface area contributed by atoms with Crippen molar-refractivity contribution >= 4 is 11.6 Å². The molecule has 0 heterocycles. The Morgan fingerprint density at radius 3 is 2.72 bits per heavy atom. The number of amides is 1. The number of rotatable bonds is 5. The smallest absolute Gasteiger partial charge is 0.272 e. The highest BCUT2D eigenvalue weighted by molar-refractivity contribution is 5.94. The normalized spacial score (nSPS) is 12.3. The van der Waals surface area contributed by atoms with Gasteiger partial charge in [0.1, 0.15) is 12.4 Å². The number of ether oxygens (including phenoxy) is 1. The Hall–Kier alpha value is -1.69. The number of benzene rings is 1. The van der Waals surface area contributed by atoms with Crippen molar-refractivity contribution in [1.82, 2.24) is 0 Å². The second-order valence-corrected chi connectivity index (χ2v) is 3.96. The van der Waals surface area contributed by atoms with Crippen LogP contribution in [0, 0.1) is 6.92 Å². The molecule has 1 atom stereocenters. The Bertz CT molecular complexity index is 423. The lowest BCUT2D eigenvalue weighted by Crippen LogP contribution is -2.32. The Morgan fingerprint density at radius 2 is 2.17 bits per heavy atom. The summed E-state index contributed by atoms with van der Waals surface area (Å²) in [5.41, 5.74) is 6.59. The first kappa shape index (κ1) is 14.4. The van der Waals surface area contributed by atoms with Crippen LogP contribution < -0.4 is 15.8 Å². The van der Waals surface area contributed by atoms with E-state index >= 15 is 0 Å². The zero-order valence-corrected chi connectivity index (χ0v) is 10.2. The summed E-state index contributed by atoms with van der Waals surface area (Å²) in [6.07, 6.45) is -2.54. The summed E-state index contributed by atoms with van der Waals surface area (Å²) in [5, 5.41) is 2.57. The van der Waals surface area contributed by atoms with Gasteiger partial charge in [-0.3, -0.25) is 4.79 Å². The molecule has 18 heavy (non-hydrogen) atoms. The second kappa shape index (κ2) is 6.30. The molecule has 1 aromatic carbocycles. The number of nitrogens with one attached hydrogen (secondary N) is 1. The first-order valence-corrected chi connectivity index (χ1v) is 5.48. The lowest BCUT2D eigenvalue weighted by Gasteiger charge is -2.12. The zero-order valence-electron chi connectivity index (χ0n) is 10.2. The summed E-state index contributed by atoms with van der Waals surface area (Å²) in [6, 6.07) is 4.19. The van der Waals surface area contributed by atoms with Crippen molar-refractivity contribution in [2.75, 3.05) is 11.9 Å². The van der Waals surface area contributed by atoms with Crippen molar-refractivity contribution in [2.45, 2.75) is 26.3 Å². The third-order valence-corrected chi connectivity index (χ3v) is 2.23. The standard InChI is InChI=1S/C12H16F2N2O2/c1-7-3-4-9(16-12(17)8(2)15)5-10(7)18-6-11(13)14/h3-5,8,11H,6,15H2,1-2H3,(H,16,17)/t8-/m0/s1. The van der Waals surface area contributed by atoms with E-state index in [4.69, 9.17) is 10.5 Å². The first-order valence-electron chi connectivity index (χ1n) is 5.48. The number of carbonyl (C=O) groups excluding carboxylic acids is 1. The first-order chi connectivity index (χ1) is 8.40. The van der Waals surface area contributed by atoms with E-state index in [1.54, 1.807) is 26.0 Å². The lowest BCUT2D eigenvalue weighted by atomic mass is 10.2. The van der Waals surface area contributed by atoms with Crippen molar-refractivity contribution in [2.24, 2.45) is 5.73 Å². The number of hydrogen-bond acceptors (Lipinski definition) is 3. The van der Waals surface area contributed by atoms with Gasteiger partial charge in [0.15, 0.2) is 0 Å². The van der Waals surface area contributed by atoms with Crippen LogP contribution in [0.25, 0.3) is 0 Å². The van der Waals surface area contributed by atoms with Crippen molar-refractivity contribution in [3.63, 3.8) is 0 Å². The fraction of sp³-hybridized carbons (Fsp3) is 0.417. The van der Waals surface area contributed by atoms with Crippen molar-refractivity contribution in [3.8, 4) is 5.75 Å². The van der Waals surface area contributed by atoms with Crippen LogP contribution in [0.3, 0.4) is 0 Å². The number of hydrogen-bond donors (Lipinski definition) is 2. The van der Waals surface area contributed by atoms with Crippen LogP contribution in [0.5, 0.6) is 5.75 Å². The Balaban J connectivity index is 2.77. The third kappa shape index (κ3) is 4.29. The zero-order chi connectivity index (χ0) is 13.7. The fourth-order valence-electron chi connectivity index (χ4n) is 1.24. The number of carbonyl (C=O) groups is 1. The average molecular weight is 258 g/mol. The van der Waals surface area contributed by atoms with Crippen LogP contribution in [-0.4, -0.2) is 25.0 Å². The van der Waals surface area contributed by atoms with Gasteiger partial charge >= 0.3 is 0 Å². The highest BCUT2D eigenvalue weighted by Gasteiger charge is 2.10. The summed E-state index contributed by atoms with van der Waals surface area (Å²) in [6.45, 7) is 2.61. The Kier molecular flexibility index (Phi) is 5.03. The SMILES string of the molecule is Cc1ccc(NC(=O)[C@H](C)N)cc1OCC(F)F. The van der Waals surface area contributed by atoms with Gasteiger partial charge in [-0.25, -0.2) is 8.78 Å². The highest BCUT2D eigenvalue weighted by atomic mass is 19.3. The quantitative estimate of drug-likeness (QED) is 0.848. The maximum atomic E-state index is 12.1. The number of anilines is 1. The van der Waals surface area contributed by atoms with Gasteiger partial charge in [0.05, 0.1) is 6.04 Å². The van der Waals surface area contributed by atoms with E-state index in [2.05, 4.69) is 5.32 Å². The van der Waals surface area contributed by atoms with E-state index < -0.39 is 19.1 Å². The van der Waals surface area contributed by atoms with Crippen molar-refractivity contribution in [1.29, 1.82) is 0 Å². The summed E-state index contributed by atoms with van der Waals surface area (Å²) < 4.78 is 29.1. The molecule has 0 saturated heterocycles. The summed E-state index contributed by atoms with van der Waals surface area (Å²) in [4.78, 5) is 11.4. The largest absolute Gasteiger partial charge is 0.487 e. The van der Waals surface area contributed by atoms with Gasteiger partial charge in [0.25, 0.3) is 6.43 Å². The molecule has 1 rings (SSSR count). The van der Waals surface area contributed by atoms with Gasteiger partial charge in [0, 0.05) is 11.8 Å². The molecule has 0 spiro atoms. The molecule has 0 bridgehead atoms. The predicted molar refractivity (Wildman–Crippen MR) is 65.0 cm³/mol. The molecule has 0 aliphatic carbocycles. The fourth-order valence-corrected chi connectivity index (χ4v) is 1.24. The molecule has 100 valence electrons. The molecule has 1 aromatic rings. The molecule has 0 radical (unpaired) electrons. The molecule has 1 amide bonds. The minimum absolute atomic E-state index is 0.317. The van der Waals surface area contributed by atoms with E-state index in [0.29, 0.717) is 11.4 Å². The van der Waals surface area contributed by atoms with Crippen LogP contribution in [0.1, 0.15) is 12.5 Å². The van der Waals surface area contributed by atoms with Gasteiger partial charge in [0.2, 0.25) is 5.91 Å². The summed E-state index contributed by atoms with van der Waals surface area (Å²) in [7, 11) is 0. The predicted octanol–water partition coefficient (Wildman–Crippen LogP) is 1.92. The summed E-state index contributed by atoms with van der Waals surface area (Å²) in [5.74, 6) is -0.0311. The van der Waals surface area contributed by atoms with Crippen LogP contribution in [0.4, 0.5) is 14.5 Å². The van der Waals surface area contributed by atoms with Crippen LogP contribution in [0.15, 0.2) is 18.2 Å². The van der Waals surface area contributed by atoms with E-state index in [1.165, 1.54) is 6.07 Å². The molecule has 0 fully saturated rings. The minimum Gasteiger partial charge on any atom is -0.487 e. The number of alkyl halides is 2. The maximum absolute atomic E-state index is 12.1. The number of aryl methyl sites for hydroxylation is 1. The Labute approximate surface area is 104 Å². The maximum Gasteiger partial charge on any atom is 0.272 e. The molecule has 0 unspecified atom stereocenters. The van der Waals surface area contributed by atoms with Gasteiger partial charge < -0.3 is 15.8 Å². The van der Waals surface area contributed by atoms with Gasteiger partial charge in [-0.1, -0.05) is 6.07 Å². The molecule has 0 saturated carbocycles. The van der Waals surface area contributed by atoms with Crippen LogP contribution >= 0.6 is 0 Å². The van der Waals surface area contributed by atoms with Gasteiger partial charge in [-0.15, -0.1) is 0 Å². The van der Waals surface area contributed by atoms with E-state index in [1.807, 2.05) is 0 Å². The molecule has 0 aliphatic rings. The third-order valence-electron chi connectivity index (χ3n) is 2.23. The molecule has 0 aliphatic heterocycles. The summed E-state index contributed by atoms with van der Waals surface area (Å²) >= 11 is 0. The average Bonchev–Trinajstić information content (AvgIpc) is 2.29. The topological polar surface area (TPSA) is 64.4 Å².